The smallest absolute Gasteiger partial charge is 0.404 e. The SMILES string of the molecule is O=C1CCC(CCC2CC(=O)c3cc(NS(=O)(=O)c4ccccc4OC(F)(F)F)ccc3C2)C(=O)N1. The van der Waals surface area contributed by atoms with Crippen LogP contribution in [0.5, 0.6) is 5.75 Å². The molecule has 1 fully saturated rings. The van der Waals surface area contributed by atoms with Crippen LogP contribution in [0, 0.1) is 11.8 Å². The number of amides is 2. The van der Waals surface area contributed by atoms with Gasteiger partial charge in [0.05, 0.1) is 0 Å². The van der Waals surface area contributed by atoms with Crippen molar-refractivity contribution < 1.29 is 40.7 Å². The van der Waals surface area contributed by atoms with Crippen molar-refractivity contribution in [1.29, 1.82) is 0 Å². The van der Waals surface area contributed by atoms with Gasteiger partial charge < -0.3 is 4.74 Å². The minimum atomic E-state index is -5.07. The number of carbonyl (C=O) groups is 3. The summed E-state index contributed by atoms with van der Waals surface area (Å²) >= 11 is 0. The molecule has 1 saturated heterocycles. The second kappa shape index (κ2) is 9.92. The molecule has 0 radical (unpaired) electrons. The van der Waals surface area contributed by atoms with E-state index < -0.39 is 27.0 Å². The number of benzene rings is 2. The number of ether oxygens (including phenoxy) is 1. The molecular weight excluding hydrogens is 501 g/mol. The van der Waals surface area contributed by atoms with E-state index >= 15 is 0 Å². The van der Waals surface area contributed by atoms with Crippen molar-refractivity contribution in [3.63, 3.8) is 0 Å². The van der Waals surface area contributed by atoms with Crippen LogP contribution in [0.15, 0.2) is 47.4 Å². The molecule has 36 heavy (non-hydrogen) atoms. The van der Waals surface area contributed by atoms with Crippen molar-refractivity contribution in [2.24, 2.45) is 11.8 Å². The number of hydrogen-bond acceptors (Lipinski definition) is 6. The predicted molar refractivity (Wildman–Crippen MR) is 122 cm³/mol. The zero-order valence-electron chi connectivity index (χ0n) is 18.9. The summed E-state index contributed by atoms with van der Waals surface area (Å²) in [6.45, 7) is 0. The van der Waals surface area contributed by atoms with Crippen LogP contribution in [-0.2, 0) is 26.0 Å². The number of sulfonamides is 1. The number of rotatable bonds is 7. The summed E-state index contributed by atoms with van der Waals surface area (Å²) in [5.41, 5.74) is 1.10. The number of fused-ring (bicyclic) bond motifs is 1. The van der Waals surface area contributed by atoms with Crippen molar-refractivity contribution in [2.45, 2.75) is 49.8 Å². The lowest BCUT2D eigenvalue weighted by Crippen LogP contribution is -2.40. The molecule has 2 N–H and O–H groups in total. The highest BCUT2D eigenvalue weighted by molar-refractivity contribution is 7.92. The summed E-state index contributed by atoms with van der Waals surface area (Å²) in [7, 11) is -4.45. The van der Waals surface area contributed by atoms with Crippen LogP contribution in [0.1, 0.15) is 48.0 Å². The maximum absolute atomic E-state index is 12.8. The molecule has 1 aliphatic carbocycles. The van der Waals surface area contributed by atoms with Gasteiger partial charge in [-0.25, -0.2) is 8.42 Å². The van der Waals surface area contributed by atoms with Gasteiger partial charge in [0.15, 0.2) is 5.78 Å². The predicted octanol–water partition coefficient (Wildman–Crippen LogP) is 3.96. The molecule has 12 heteroatoms. The zero-order chi connectivity index (χ0) is 26.1. The first-order valence-corrected chi connectivity index (χ1v) is 12.8. The summed E-state index contributed by atoms with van der Waals surface area (Å²) in [6.07, 6.45) is -2.32. The molecule has 2 aromatic carbocycles. The van der Waals surface area contributed by atoms with E-state index in [4.69, 9.17) is 0 Å². The van der Waals surface area contributed by atoms with Gasteiger partial charge in [-0.2, -0.15) is 0 Å². The summed E-state index contributed by atoms with van der Waals surface area (Å²) in [5, 5.41) is 2.33. The van der Waals surface area contributed by atoms with E-state index in [0.717, 1.165) is 17.7 Å². The first kappa shape index (κ1) is 25.7. The standard InChI is InChI=1S/C24H23F3N2O6S/c25-24(26,27)35-20-3-1-2-4-21(20)36(33,34)29-17-9-7-16-11-14(12-19(30)18(16)13-17)5-6-15-8-10-22(31)28-23(15)32/h1-4,7,9,13-15,29H,5-6,8,10-12H2,(H,28,31,32). The van der Waals surface area contributed by atoms with E-state index in [1.807, 2.05) is 0 Å². The van der Waals surface area contributed by atoms with Crippen molar-refractivity contribution in [3.8, 4) is 5.75 Å². The van der Waals surface area contributed by atoms with Crippen LogP contribution in [0.2, 0.25) is 0 Å². The van der Waals surface area contributed by atoms with Crippen LogP contribution < -0.4 is 14.8 Å². The Morgan fingerprint density at radius 3 is 2.50 bits per heavy atom. The average molecular weight is 525 g/mol. The zero-order valence-corrected chi connectivity index (χ0v) is 19.7. The first-order valence-electron chi connectivity index (χ1n) is 11.3. The molecule has 2 amide bonds. The summed E-state index contributed by atoms with van der Waals surface area (Å²) < 4.78 is 69.7. The molecule has 0 aromatic heterocycles. The van der Waals surface area contributed by atoms with E-state index in [1.165, 1.54) is 24.3 Å². The Morgan fingerprint density at radius 1 is 1.03 bits per heavy atom. The summed E-state index contributed by atoms with van der Waals surface area (Å²) in [4.78, 5) is 35.4. The number of nitrogens with one attached hydrogen (secondary N) is 2. The van der Waals surface area contributed by atoms with Crippen molar-refractivity contribution in [2.75, 3.05) is 4.72 Å². The van der Waals surface area contributed by atoms with Crippen molar-refractivity contribution in [1.82, 2.24) is 5.32 Å². The van der Waals surface area contributed by atoms with E-state index in [0.29, 0.717) is 37.7 Å². The second-order valence-corrected chi connectivity index (χ2v) is 10.5. The van der Waals surface area contributed by atoms with Crippen LogP contribution in [0.3, 0.4) is 0 Å². The monoisotopic (exact) mass is 524 g/mol. The van der Waals surface area contributed by atoms with Crippen LogP contribution in [0.4, 0.5) is 18.9 Å². The number of halogens is 3. The molecule has 0 spiro atoms. The molecule has 192 valence electrons. The van der Waals surface area contributed by atoms with Gasteiger partial charge in [-0.15, -0.1) is 13.2 Å². The fourth-order valence-electron chi connectivity index (χ4n) is 4.58. The number of Topliss-reactive ketones (excluding diaryl/α,β-unsaturated/α-hetero) is 1. The lowest BCUT2D eigenvalue weighted by atomic mass is 9.79. The lowest BCUT2D eigenvalue weighted by molar-refractivity contribution is -0.275. The number of alkyl halides is 3. The molecule has 1 heterocycles. The van der Waals surface area contributed by atoms with Gasteiger partial charge in [0.2, 0.25) is 11.8 Å². The van der Waals surface area contributed by atoms with E-state index in [-0.39, 0.29) is 41.5 Å². The minimum Gasteiger partial charge on any atom is -0.404 e. The van der Waals surface area contributed by atoms with Gasteiger partial charge in [-0.3, -0.25) is 24.4 Å². The van der Waals surface area contributed by atoms with Gasteiger partial charge in [0, 0.05) is 30.0 Å². The number of imide groups is 1. The highest BCUT2D eigenvalue weighted by Gasteiger charge is 2.34. The quantitative estimate of drug-likeness (QED) is 0.530. The fraction of sp³-hybridized carbons (Fsp3) is 0.375. The molecule has 4 rings (SSSR count). The Kier molecular flexibility index (Phi) is 7.07. The Hall–Kier alpha value is -3.41. The number of hydrogen-bond donors (Lipinski definition) is 2. The lowest BCUT2D eigenvalue weighted by Gasteiger charge is -2.27. The number of ketones is 1. The van der Waals surface area contributed by atoms with Crippen molar-refractivity contribution >= 4 is 33.3 Å². The molecule has 0 saturated carbocycles. The maximum Gasteiger partial charge on any atom is 0.573 e. The molecule has 0 bridgehead atoms. The van der Waals surface area contributed by atoms with Gasteiger partial charge in [-0.05, 0) is 61.4 Å². The molecule has 2 aromatic rings. The van der Waals surface area contributed by atoms with Gasteiger partial charge in [-0.1, -0.05) is 18.2 Å². The van der Waals surface area contributed by atoms with E-state index in [9.17, 15) is 36.0 Å². The highest BCUT2D eigenvalue weighted by Crippen LogP contribution is 2.34. The van der Waals surface area contributed by atoms with E-state index in [1.54, 1.807) is 6.07 Å². The second-order valence-electron chi connectivity index (χ2n) is 8.89. The Morgan fingerprint density at radius 2 is 1.78 bits per heavy atom. The van der Waals surface area contributed by atoms with Crippen LogP contribution in [0.25, 0.3) is 0 Å². The Bertz CT molecular complexity index is 1310. The summed E-state index contributed by atoms with van der Waals surface area (Å²) in [6, 6.07) is 8.80. The third-order valence-electron chi connectivity index (χ3n) is 6.29. The average Bonchev–Trinajstić information content (AvgIpc) is 2.78. The molecule has 2 atom stereocenters. The topological polar surface area (TPSA) is 119 Å². The molecule has 2 unspecified atom stereocenters. The number of carbonyl (C=O) groups excluding carboxylic acids is 3. The minimum absolute atomic E-state index is 0.00404. The summed E-state index contributed by atoms with van der Waals surface area (Å²) in [5.74, 6) is -1.88. The van der Waals surface area contributed by atoms with E-state index in [2.05, 4.69) is 14.8 Å². The van der Waals surface area contributed by atoms with Crippen LogP contribution >= 0.6 is 0 Å². The molecule has 1 aliphatic heterocycles. The normalized spacial score (nSPS) is 20.5. The number of piperidine rings is 1. The Labute approximate surface area is 205 Å². The molecule has 8 nitrogen and oxygen atoms in total. The highest BCUT2D eigenvalue weighted by atomic mass is 32.2. The number of para-hydroxylation sites is 1. The first-order chi connectivity index (χ1) is 16.9. The van der Waals surface area contributed by atoms with Gasteiger partial charge in [0.25, 0.3) is 10.0 Å². The third-order valence-corrected chi connectivity index (χ3v) is 7.71. The number of anilines is 1. The molecule has 2 aliphatic rings. The van der Waals surface area contributed by atoms with Crippen LogP contribution in [-0.4, -0.2) is 32.4 Å². The van der Waals surface area contributed by atoms with Gasteiger partial charge >= 0.3 is 6.36 Å². The molecular formula is C24H23F3N2O6S. The maximum atomic E-state index is 12.8. The third kappa shape index (κ3) is 6.04. The van der Waals surface area contributed by atoms with Gasteiger partial charge in [0.1, 0.15) is 10.6 Å². The fourth-order valence-corrected chi connectivity index (χ4v) is 5.76. The largest absolute Gasteiger partial charge is 0.573 e. The van der Waals surface area contributed by atoms with Crippen molar-refractivity contribution in [3.05, 3.63) is 53.6 Å². The Balaban J connectivity index is 1.45.